The summed E-state index contributed by atoms with van der Waals surface area (Å²) < 4.78 is 7.76. The predicted molar refractivity (Wildman–Crippen MR) is 14.7 cm³/mol. The molecule has 0 heterocycles. The number of hydrogen-bond acceptors (Lipinski definition) is 3. The van der Waals surface area contributed by atoms with Gasteiger partial charge in [-0.1, -0.05) is 0 Å². The van der Waals surface area contributed by atoms with Crippen molar-refractivity contribution in [2.24, 2.45) is 0 Å². The summed E-state index contributed by atoms with van der Waals surface area (Å²) in [7, 11) is 0. The van der Waals surface area contributed by atoms with Crippen LogP contribution in [0.1, 0.15) is 0 Å². The number of rotatable bonds is 1. The number of aliphatic hydroxyl groups excluding tert-OH is 1. The molecule has 0 aliphatic rings. The quantitative estimate of drug-likeness (QED) is 0.378. The first-order chi connectivity index (χ1) is 2.27. The predicted octanol–water partition coefficient (Wildman–Crippen LogP) is -1.70. The van der Waals surface area contributed by atoms with E-state index in [-0.39, 0.29) is 0 Å². The van der Waals surface area contributed by atoms with Crippen molar-refractivity contribution in [3.63, 3.8) is 0 Å². The molecule has 0 saturated carbocycles. The van der Waals surface area contributed by atoms with E-state index in [9.17, 15) is 3.02 Å². The Morgan fingerprint density at radius 1 is 1.60 bits per heavy atom. The van der Waals surface area contributed by atoms with Crippen molar-refractivity contribution in [3.8, 4) is 0 Å². The maximum absolute atomic E-state index is 9.28. The Hall–Kier alpha value is 0.538. The van der Waals surface area contributed by atoms with Crippen LogP contribution >= 0.6 is 0 Å². The van der Waals surface area contributed by atoms with Gasteiger partial charge >= 0.3 is 39.1 Å². The van der Waals surface area contributed by atoms with Crippen LogP contribution in [0.25, 0.3) is 0 Å². The molecular weight excluding hydrogens is 182 g/mol. The van der Waals surface area contributed by atoms with E-state index in [2.05, 4.69) is 0 Å². The average Bonchev–Trinajstić information content (AvgIpc) is 1.38. The molecule has 0 aromatic rings. The van der Waals surface area contributed by atoms with Gasteiger partial charge in [0.2, 0.25) is 0 Å². The molecule has 0 amide bonds. The molecule has 0 aromatic heterocycles. The van der Waals surface area contributed by atoms with Gasteiger partial charge in [-0.3, -0.25) is 0 Å². The Kier molecular flexibility index (Phi) is 3.06. The molecule has 30 valence electrons. The van der Waals surface area contributed by atoms with Crippen LogP contribution in [0.3, 0.4) is 0 Å². The minimum atomic E-state index is -1.87. The van der Waals surface area contributed by atoms with Crippen LogP contribution < -0.4 is 0 Å². The molecule has 2 N–H and O–H groups in total. The van der Waals surface area contributed by atoms with E-state index in [1.54, 1.807) is 0 Å². The standard InChI is InChI=1S/CH3O2.O.Sb/c2-1-3;;/h1-3H;;. The normalized spacial score (nSPS) is 8.60. The van der Waals surface area contributed by atoms with Crippen LogP contribution in [0, 0.1) is 0 Å². The fourth-order valence-corrected chi connectivity index (χ4v) is 0. The molecule has 5 heavy (non-hydrogen) atoms. The fraction of sp³-hybridized carbons (Fsp3) is 1.00. The van der Waals surface area contributed by atoms with Crippen molar-refractivity contribution < 1.29 is 13.2 Å². The Bertz CT molecular complexity index is 33.9. The van der Waals surface area contributed by atoms with Crippen molar-refractivity contribution in [1.82, 2.24) is 0 Å². The van der Waals surface area contributed by atoms with Crippen LogP contribution in [0.15, 0.2) is 0 Å². The van der Waals surface area contributed by atoms with Gasteiger partial charge in [0.05, 0.1) is 0 Å². The van der Waals surface area contributed by atoms with Crippen molar-refractivity contribution in [2.75, 3.05) is 0 Å². The van der Waals surface area contributed by atoms with Gasteiger partial charge in [-0.25, -0.2) is 0 Å². The first-order valence-electron chi connectivity index (χ1n) is 0.957. The van der Waals surface area contributed by atoms with Crippen molar-refractivity contribution in [2.45, 2.75) is 4.24 Å². The second-order valence-electron chi connectivity index (χ2n) is 0.452. The van der Waals surface area contributed by atoms with Crippen molar-refractivity contribution >= 4 is 21.6 Å². The molecule has 4 heteroatoms. The zero-order valence-corrected chi connectivity index (χ0v) is 4.88. The second-order valence-corrected chi connectivity index (χ2v) is 2.37. The Balaban J connectivity index is 2.83. The number of hydrogen-bond donors (Lipinski definition) is 2. The van der Waals surface area contributed by atoms with Gasteiger partial charge in [0, 0.05) is 0 Å². The third kappa shape index (κ3) is 4.54. The van der Waals surface area contributed by atoms with Gasteiger partial charge in [0.1, 0.15) is 0 Å². The molecule has 0 spiro atoms. The first-order valence-corrected chi connectivity index (χ1v) is 3.47. The molecule has 3 nitrogen and oxygen atoms in total. The van der Waals surface area contributed by atoms with Crippen LogP contribution in [-0.4, -0.2) is 36.1 Å². The SMILES string of the molecule is [O]=[Sb][CH](O)O. The molecule has 0 aliphatic heterocycles. The third-order valence-corrected chi connectivity index (χ3v) is 0.632. The monoisotopic (exact) mass is 184 g/mol. The zero-order valence-electron chi connectivity index (χ0n) is 2.33. The summed E-state index contributed by atoms with van der Waals surface area (Å²) in [6.45, 7) is 0. The van der Waals surface area contributed by atoms with E-state index in [1.807, 2.05) is 0 Å². The van der Waals surface area contributed by atoms with Gasteiger partial charge in [0.15, 0.2) is 0 Å². The second kappa shape index (κ2) is 2.76. The summed E-state index contributed by atoms with van der Waals surface area (Å²) in [5, 5.41) is 15.3. The molecule has 0 unspecified atom stereocenters. The molecule has 0 fully saturated rings. The van der Waals surface area contributed by atoms with E-state index in [4.69, 9.17) is 10.2 Å². The van der Waals surface area contributed by atoms with Crippen LogP contribution in [-0.2, 0) is 3.02 Å². The van der Waals surface area contributed by atoms with Gasteiger partial charge < -0.3 is 0 Å². The average molecular weight is 185 g/mol. The van der Waals surface area contributed by atoms with Crippen LogP contribution in [0.2, 0.25) is 0 Å². The van der Waals surface area contributed by atoms with Crippen molar-refractivity contribution in [3.05, 3.63) is 0 Å². The topological polar surface area (TPSA) is 57.5 Å². The van der Waals surface area contributed by atoms with Crippen LogP contribution in [0.5, 0.6) is 0 Å². The van der Waals surface area contributed by atoms with E-state index < -0.39 is 25.8 Å². The first kappa shape index (κ1) is 5.54. The van der Waals surface area contributed by atoms with Gasteiger partial charge in [-0.2, -0.15) is 0 Å². The molecule has 0 aliphatic carbocycles. The maximum atomic E-state index is 9.28. The summed E-state index contributed by atoms with van der Waals surface area (Å²) in [5.41, 5.74) is 0. The summed E-state index contributed by atoms with van der Waals surface area (Å²) >= 11 is -1.87. The zero-order chi connectivity index (χ0) is 4.28. The number of aliphatic hydroxyl groups is 2. The summed E-state index contributed by atoms with van der Waals surface area (Å²) in [4.78, 5) is 0. The van der Waals surface area contributed by atoms with E-state index in [1.165, 1.54) is 0 Å². The van der Waals surface area contributed by atoms with E-state index in [0.717, 1.165) is 0 Å². The Morgan fingerprint density at radius 3 is 1.80 bits per heavy atom. The molecule has 0 saturated heterocycles. The summed E-state index contributed by atoms with van der Waals surface area (Å²) in [6, 6.07) is 0. The van der Waals surface area contributed by atoms with E-state index in [0.29, 0.717) is 0 Å². The fourth-order valence-electron chi connectivity index (χ4n) is 0. The van der Waals surface area contributed by atoms with Gasteiger partial charge in [-0.05, 0) is 0 Å². The molecular formula is CH3O3Sb. The molecule has 0 aromatic carbocycles. The molecule has 0 radical (unpaired) electrons. The van der Waals surface area contributed by atoms with Crippen LogP contribution in [0.4, 0.5) is 0 Å². The molecule has 0 rings (SSSR count). The Morgan fingerprint density at radius 2 is 1.80 bits per heavy atom. The third-order valence-electron chi connectivity index (χ3n) is 0.0943. The van der Waals surface area contributed by atoms with E-state index >= 15 is 0 Å². The van der Waals surface area contributed by atoms with Crippen molar-refractivity contribution in [1.29, 1.82) is 0 Å². The Labute approximate surface area is 39.5 Å². The molecule has 0 bridgehead atoms. The molecule has 0 atom stereocenters. The van der Waals surface area contributed by atoms with Gasteiger partial charge in [-0.15, -0.1) is 0 Å². The summed E-state index contributed by atoms with van der Waals surface area (Å²) in [5.74, 6) is 0. The van der Waals surface area contributed by atoms with Gasteiger partial charge in [0.25, 0.3) is 0 Å². The summed E-state index contributed by atoms with van der Waals surface area (Å²) in [6.07, 6.45) is 0. The minimum absolute atomic E-state index is 1.52.